The van der Waals surface area contributed by atoms with Crippen molar-refractivity contribution in [2.75, 3.05) is 13.7 Å². The van der Waals surface area contributed by atoms with E-state index >= 15 is 0 Å². The predicted octanol–water partition coefficient (Wildman–Crippen LogP) is 3.54. The molecule has 1 saturated heterocycles. The van der Waals surface area contributed by atoms with Crippen LogP contribution in [0.15, 0.2) is 60.0 Å². The molecule has 3 heterocycles. The van der Waals surface area contributed by atoms with Crippen molar-refractivity contribution >= 4 is 40.4 Å². The van der Waals surface area contributed by atoms with Crippen molar-refractivity contribution in [1.82, 2.24) is 9.88 Å². The minimum absolute atomic E-state index is 0.0722. The van der Waals surface area contributed by atoms with E-state index < -0.39 is 17.7 Å². The number of carbonyl (C=O) groups excluding carboxylic acids is 2. The zero-order valence-corrected chi connectivity index (χ0v) is 18.3. The molecule has 1 fully saturated rings. The summed E-state index contributed by atoms with van der Waals surface area (Å²) in [6.45, 7) is 1.07. The molecule has 0 bridgehead atoms. The molecule has 0 saturated carbocycles. The van der Waals surface area contributed by atoms with Crippen LogP contribution in [-0.4, -0.2) is 40.3 Å². The highest BCUT2D eigenvalue weighted by molar-refractivity contribution is 7.10. The average molecular weight is 459 g/mol. The number of imidazole rings is 1. The monoisotopic (exact) mass is 458 g/mol. The molecular formula is C22H21ClN3O4S+. The number of methoxy groups -OCH3 is 1. The van der Waals surface area contributed by atoms with Gasteiger partial charge in [-0.2, -0.15) is 0 Å². The number of likely N-dealkylation sites (tertiary alicyclic amines) is 1. The van der Waals surface area contributed by atoms with Gasteiger partial charge >= 0.3 is 0 Å². The molecule has 3 aromatic rings. The number of nitrogens with zero attached hydrogens (tertiary/aromatic N) is 2. The Morgan fingerprint density at radius 1 is 1.35 bits per heavy atom. The van der Waals surface area contributed by atoms with Crippen LogP contribution in [0.3, 0.4) is 0 Å². The number of Topliss-reactive ketones (excluding diaryl/α,β-unsaturated/α-hetero) is 1. The van der Waals surface area contributed by atoms with Crippen LogP contribution < -0.4 is 9.30 Å². The number of thiophene rings is 1. The fourth-order valence-electron chi connectivity index (χ4n) is 3.71. The molecule has 0 spiro atoms. The normalized spacial score (nSPS) is 18.0. The topological polar surface area (TPSA) is 86.5 Å². The van der Waals surface area contributed by atoms with Crippen LogP contribution >= 0.6 is 22.9 Å². The lowest BCUT2D eigenvalue weighted by atomic mass is 9.99. The molecule has 31 heavy (non-hydrogen) atoms. The number of H-pyrrole nitrogens is 1. The first-order valence-corrected chi connectivity index (χ1v) is 10.9. The van der Waals surface area contributed by atoms with Gasteiger partial charge in [-0.05, 0) is 29.6 Å². The van der Waals surface area contributed by atoms with E-state index in [0.29, 0.717) is 35.8 Å². The smallest absolute Gasteiger partial charge is 0.295 e. The van der Waals surface area contributed by atoms with E-state index in [1.165, 1.54) is 29.4 Å². The molecule has 2 aromatic heterocycles. The quantitative estimate of drug-likeness (QED) is 0.245. The molecule has 1 aliphatic rings. The number of halogens is 1. The maximum absolute atomic E-state index is 13.0. The van der Waals surface area contributed by atoms with Gasteiger partial charge in [0.1, 0.15) is 23.9 Å². The Labute approximate surface area is 188 Å². The van der Waals surface area contributed by atoms with Gasteiger partial charge < -0.3 is 14.7 Å². The summed E-state index contributed by atoms with van der Waals surface area (Å²) in [6, 6.07) is 7.83. The van der Waals surface area contributed by atoms with Gasteiger partial charge in [0.2, 0.25) is 6.33 Å². The SMILES string of the molecule is COc1ccc(C(O)=C2C(=O)C(=O)N(CCC[n+]3cc[nH]c3)C2c2cccs2)cc1Cl. The number of benzene rings is 1. The lowest BCUT2D eigenvalue weighted by molar-refractivity contribution is -0.695. The number of amides is 1. The van der Waals surface area contributed by atoms with Gasteiger partial charge in [-0.3, -0.25) is 14.6 Å². The third-order valence-electron chi connectivity index (χ3n) is 5.20. The lowest BCUT2D eigenvalue weighted by Crippen LogP contribution is -2.35. The van der Waals surface area contributed by atoms with E-state index in [4.69, 9.17) is 16.3 Å². The number of aromatic nitrogens is 2. The Hall–Kier alpha value is -3.10. The Kier molecular flexibility index (Phi) is 6.11. The molecule has 2 N–H and O–H groups in total. The lowest BCUT2D eigenvalue weighted by Gasteiger charge is -2.23. The highest BCUT2D eigenvalue weighted by Crippen LogP contribution is 2.41. The molecule has 0 aliphatic carbocycles. The predicted molar refractivity (Wildman–Crippen MR) is 117 cm³/mol. The van der Waals surface area contributed by atoms with Crippen LogP contribution in [0.5, 0.6) is 5.75 Å². The summed E-state index contributed by atoms with van der Waals surface area (Å²) >= 11 is 7.64. The van der Waals surface area contributed by atoms with Crippen molar-refractivity contribution in [3.8, 4) is 5.75 Å². The molecule has 1 atom stereocenters. The van der Waals surface area contributed by atoms with Gasteiger partial charge in [0.15, 0.2) is 0 Å². The number of rotatable bonds is 7. The Bertz CT molecular complexity index is 1130. The molecule has 4 rings (SSSR count). The highest BCUT2D eigenvalue weighted by Gasteiger charge is 2.46. The van der Waals surface area contributed by atoms with E-state index in [1.54, 1.807) is 12.1 Å². The van der Waals surface area contributed by atoms with E-state index in [-0.39, 0.29) is 11.3 Å². The summed E-state index contributed by atoms with van der Waals surface area (Å²) in [4.78, 5) is 31.2. The molecule has 160 valence electrons. The van der Waals surface area contributed by atoms with Crippen LogP contribution in [0.25, 0.3) is 5.76 Å². The highest BCUT2D eigenvalue weighted by atomic mass is 35.5. The largest absolute Gasteiger partial charge is 0.507 e. The number of aliphatic hydroxyl groups excluding tert-OH is 1. The molecule has 1 amide bonds. The number of nitrogens with one attached hydrogen (secondary N) is 1. The van der Waals surface area contributed by atoms with Crippen molar-refractivity contribution in [2.24, 2.45) is 0 Å². The van der Waals surface area contributed by atoms with Crippen LogP contribution in [0, 0.1) is 0 Å². The Morgan fingerprint density at radius 2 is 2.19 bits per heavy atom. The van der Waals surface area contributed by atoms with Gasteiger partial charge in [-0.25, -0.2) is 4.57 Å². The van der Waals surface area contributed by atoms with E-state index in [9.17, 15) is 14.7 Å². The maximum Gasteiger partial charge on any atom is 0.295 e. The average Bonchev–Trinajstić information content (AvgIpc) is 3.52. The molecule has 1 aromatic carbocycles. The fourth-order valence-corrected chi connectivity index (χ4v) is 4.81. The van der Waals surface area contributed by atoms with Gasteiger partial charge in [0, 0.05) is 23.4 Å². The Balaban J connectivity index is 1.70. The van der Waals surface area contributed by atoms with Crippen molar-refractivity contribution < 1.29 is 24.0 Å². The van der Waals surface area contributed by atoms with Crippen LogP contribution in [0.4, 0.5) is 0 Å². The summed E-state index contributed by atoms with van der Waals surface area (Å²) in [5.74, 6) is -1.10. The summed E-state index contributed by atoms with van der Waals surface area (Å²) in [6.07, 6.45) is 6.21. The van der Waals surface area contributed by atoms with Crippen LogP contribution in [-0.2, 0) is 16.1 Å². The zero-order valence-electron chi connectivity index (χ0n) is 16.7. The number of aromatic amines is 1. The Morgan fingerprint density at radius 3 is 2.84 bits per heavy atom. The molecule has 1 aliphatic heterocycles. The number of aryl methyl sites for hydroxylation is 1. The first kappa shape index (κ1) is 21.1. The van der Waals surface area contributed by atoms with Gasteiger partial charge in [0.25, 0.3) is 11.7 Å². The number of hydrogen-bond donors (Lipinski definition) is 2. The second kappa shape index (κ2) is 8.95. The minimum atomic E-state index is -0.697. The third-order valence-corrected chi connectivity index (χ3v) is 6.42. The van der Waals surface area contributed by atoms with E-state index in [0.717, 1.165) is 4.88 Å². The van der Waals surface area contributed by atoms with Gasteiger partial charge in [-0.15, -0.1) is 11.3 Å². The van der Waals surface area contributed by atoms with Crippen molar-refractivity contribution in [1.29, 1.82) is 0 Å². The molecule has 7 nitrogen and oxygen atoms in total. The number of ketones is 1. The van der Waals surface area contributed by atoms with Crippen molar-refractivity contribution in [2.45, 2.75) is 19.0 Å². The van der Waals surface area contributed by atoms with E-state index in [1.807, 2.05) is 40.8 Å². The maximum atomic E-state index is 13.0. The number of aliphatic hydroxyl groups is 1. The standard InChI is InChI=1S/C22H20ClN3O4S/c1-30-16-6-5-14(12-15(16)23)20(27)18-19(17-4-2-11-31-17)26(22(29)21(18)28)9-3-8-25-10-7-24-13-25/h2,4-7,10-13,19H,3,8-9H2,1H3,(H,27,28)/p+1. The van der Waals surface area contributed by atoms with Crippen molar-refractivity contribution in [3.05, 3.63) is 75.5 Å². The first-order valence-electron chi connectivity index (χ1n) is 9.69. The second-order valence-electron chi connectivity index (χ2n) is 7.06. The number of hydrogen-bond acceptors (Lipinski definition) is 5. The van der Waals surface area contributed by atoms with Gasteiger partial charge in [0.05, 0.1) is 30.3 Å². The van der Waals surface area contributed by atoms with E-state index in [2.05, 4.69) is 4.98 Å². The summed E-state index contributed by atoms with van der Waals surface area (Å²) in [7, 11) is 1.49. The van der Waals surface area contributed by atoms with Crippen molar-refractivity contribution in [3.63, 3.8) is 0 Å². The molecule has 9 heteroatoms. The summed E-state index contributed by atoms with van der Waals surface area (Å²) < 4.78 is 7.12. The molecule has 1 unspecified atom stereocenters. The first-order chi connectivity index (χ1) is 15.0. The van der Waals surface area contributed by atoms with Gasteiger partial charge in [-0.1, -0.05) is 17.7 Å². The summed E-state index contributed by atoms with van der Waals surface area (Å²) in [5, 5.41) is 13.2. The minimum Gasteiger partial charge on any atom is -0.507 e. The molecular weight excluding hydrogens is 438 g/mol. The second-order valence-corrected chi connectivity index (χ2v) is 8.45. The van der Waals surface area contributed by atoms with Crippen LogP contribution in [0.2, 0.25) is 5.02 Å². The third kappa shape index (κ3) is 4.08. The fraction of sp³-hybridized carbons (Fsp3) is 0.227. The number of carbonyl (C=O) groups is 2. The number of ether oxygens (including phenoxy) is 1. The van der Waals surface area contributed by atoms with Crippen LogP contribution in [0.1, 0.15) is 22.9 Å². The molecule has 0 radical (unpaired) electrons. The zero-order chi connectivity index (χ0) is 22.0. The summed E-state index contributed by atoms with van der Waals surface area (Å²) in [5.41, 5.74) is 0.427.